The van der Waals surface area contributed by atoms with Crippen LogP contribution in [0.25, 0.3) is 0 Å². The molecule has 0 unspecified atom stereocenters. The Hall–Kier alpha value is -1.38. The van der Waals surface area contributed by atoms with Crippen LogP contribution in [-0.2, 0) is 13.1 Å². The molecule has 0 amide bonds. The molecule has 0 aromatic heterocycles. The first-order chi connectivity index (χ1) is 20.4. The van der Waals surface area contributed by atoms with Crippen LogP contribution in [0.15, 0.2) is 48.5 Å². The average Bonchev–Trinajstić information content (AvgIpc) is 2.99. The molecule has 0 radical (unpaired) electrons. The second-order valence-electron chi connectivity index (χ2n) is 12.7. The van der Waals surface area contributed by atoms with Crippen molar-refractivity contribution in [2.24, 2.45) is 0 Å². The summed E-state index contributed by atoms with van der Waals surface area (Å²) < 4.78 is 2.23. The number of benzene rings is 2. The highest BCUT2D eigenvalue weighted by atomic mass is 79.9. The monoisotopic (exact) mass is 812 g/mol. The van der Waals surface area contributed by atoms with E-state index >= 15 is 0 Å². The minimum Gasteiger partial charge on any atom is -1.00 e. The van der Waals surface area contributed by atoms with Gasteiger partial charge in [-0.3, -0.25) is 20.2 Å². The first kappa shape index (κ1) is 44.6. The number of nitro groups is 2. The predicted octanol–water partition coefficient (Wildman–Crippen LogP) is -8.87. The van der Waals surface area contributed by atoms with Gasteiger partial charge in [-0.25, -0.2) is 0 Å². The van der Waals surface area contributed by atoms with Gasteiger partial charge in [0.15, 0.2) is 0 Å². The summed E-state index contributed by atoms with van der Waals surface area (Å²) in [6.07, 6.45) is 10.3. The van der Waals surface area contributed by atoms with Gasteiger partial charge in [0.2, 0.25) is 0 Å². The van der Waals surface area contributed by atoms with Crippen molar-refractivity contribution in [1.29, 1.82) is 0 Å². The molecule has 0 bridgehead atoms. The van der Waals surface area contributed by atoms with Crippen LogP contribution < -0.4 is 69.4 Å². The number of non-ortho nitro benzene ring substituents is 2. The van der Waals surface area contributed by atoms with E-state index in [4.69, 9.17) is 0 Å². The molecule has 4 rings (SSSR count). The third-order valence-electron chi connectivity index (χ3n) is 9.58. The fraction of sp³-hybridized carbons (Fsp3) is 0.625. The number of unbranched alkanes of at least 4 members (excludes halogenated alkanes) is 7. The van der Waals surface area contributed by atoms with Gasteiger partial charge in [-0.05, 0) is 49.9 Å². The molecule has 2 aliphatic heterocycles. The molecule has 46 heavy (non-hydrogen) atoms. The van der Waals surface area contributed by atoms with Crippen molar-refractivity contribution in [3.8, 4) is 0 Å². The van der Waals surface area contributed by atoms with E-state index in [1.807, 2.05) is 24.3 Å². The number of hydrogen-bond donors (Lipinski definition) is 2. The number of nitro benzene ring substituents is 2. The van der Waals surface area contributed by atoms with E-state index in [9.17, 15) is 20.2 Å². The first-order valence-corrected chi connectivity index (χ1v) is 16.2. The minimum atomic E-state index is -0.320. The Kier molecular flexibility index (Phi) is 22.4. The van der Waals surface area contributed by atoms with E-state index in [0.29, 0.717) is 0 Å². The lowest BCUT2D eigenvalue weighted by molar-refractivity contribution is -0.978. The van der Waals surface area contributed by atoms with Gasteiger partial charge in [0.05, 0.1) is 22.9 Å². The van der Waals surface area contributed by atoms with E-state index in [0.717, 1.165) is 22.1 Å². The van der Waals surface area contributed by atoms with E-state index in [1.165, 1.54) is 128 Å². The quantitative estimate of drug-likeness (QED) is 0.0715. The molecular formula is C32H52Br2Cl2N6O4. The van der Waals surface area contributed by atoms with Crippen LogP contribution in [0.4, 0.5) is 11.4 Å². The Morgan fingerprint density at radius 3 is 1.09 bits per heavy atom. The fourth-order valence-corrected chi connectivity index (χ4v) is 7.07. The van der Waals surface area contributed by atoms with Crippen molar-refractivity contribution in [3.05, 3.63) is 79.9 Å². The number of rotatable bonds is 17. The lowest BCUT2D eigenvalue weighted by atomic mass is 10.1. The molecule has 2 aromatic rings. The molecule has 0 spiro atoms. The highest BCUT2D eigenvalue weighted by molar-refractivity contribution is 5.33. The van der Waals surface area contributed by atoms with Gasteiger partial charge in [0.1, 0.15) is 65.4 Å². The van der Waals surface area contributed by atoms with Crippen molar-refractivity contribution in [2.45, 2.75) is 64.5 Å². The van der Waals surface area contributed by atoms with Gasteiger partial charge in [-0.1, -0.05) is 25.7 Å². The van der Waals surface area contributed by atoms with Crippen LogP contribution in [0.1, 0.15) is 62.5 Å². The highest BCUT2D eigenvalue weighted by Gasteiger charge is 2.32. The lowest BCUT2D eigenvalue weighted by Crippen LogP contribution is -3.00. The normalized spacial score (nSPS) is 16.4. The zero-order valence-electron chi connectivity index (χ0n) is 26.8. The van der Waals surface area contributed by atoms with E-state index in [2.05, 4.69) is 10.6 Å². The smallest absolute Gasteiger partial charge is 0.269 e. The summed E-state index contributed by atoms with van der Waals surface area (Å²) in [6.45, 7) is 13.8. The van der Waals surface area contributed by atoms with Crippen LogP contribution in [-0.4, -0.2) is 84.3 Å². The maximum absolute atomic E-state index is 11.0. The summed E-state index contributed by atoms with van der Waals surface area (Å²) in [5.74, 6) is 0. The van der Waals surface area contributed by atoms with Gasteiger partial charge in [0.25, 0.3) is 11.4 Å². The fourth-order valence-electron chi connectivity index (χ4n) is 7.07. The summed E-state index contributed by atoms with van der Waals surface area (Å²) in [7, 11) is 0. The van der Waals surface area contributed by atoms with Crippen molar-refractivity contribution in [1.82, 2.24) is 0 Å². The van der Waals surface area contributed by atoms with E-state index < -0.39 is 0 Å². The SMILES string of the molecule is O=[N+]([O-])c1ccc(C[N+]2(CCCCCCCCCC[N+]3(Cc4ccc([N+](=O)[O-])cc4)CC[NH2+]CC3)CC[NH2+]CC2)cc1.[Br-].[Br-].[Cl-].[Cl-]. The Morgan fingerprint density at radius 2 is 0.804 bits per heavy atom. The van der Waals surface area contributed by atoms with Gasteiger partial charge in [-0.2, -0.15) is 0 Å². The zero-order chi connectivity index (χ0) is 29.7. The molecule has 2 fully saturated rings. The molecule has 2 heterocycles. The third kappa shape index (κ3) is 14.4. The minimum absolute atomic E-state index is 0. The van der Waals surface area contributed by atoms with Gasteiger partial charge in [0, 0.05) is 35.4 Å². The Balaban J connectivity index is 0.00000506. The molecule has 0 saturated carbocycles. The van der Waals surface area contributed by atoms with Crippen LogP contribution in [0.5, 0.6) is 0 Å². The summed E-state index contributed by atoms with van der Waals surface area (Å²) >= 11 is 0. The molecule has 14 heteroatoms. The third-order valence-corrected chi connectivity index (χ3v) is 9.58. The van der Waals surface area contributed by atoms with Crippen LogP contribution >= 0.6 is 0 Å². The Bertz CT molecular complexity index is 1050. The molecule has 2 saturated heterocycles. The van der Waals surface area contributed by atoms with Crippen LogP contribution in [0.3, 0.4) is 0 Å². The van der Waals surface area contributed by atoms with Crippen molar-refractivity contribution >= 4 is 11.4 Å². The number of quaternary nitrogens is 4. The Morgan fingerprint density at radius 1 is 0.522 bits per heavy atom. The molecule has 262 valence electrons. The van der Waals surface area contributed by atoms with Crippen LogP contribution in [0.2, 0.25) is 0 Å². The number of nitrogens with two attached hydrogens (primary N) is 2. The molecule has 0 atom stereocenters. The summed E-state index contributed by atoms with van der Waals surface area (Å²) in [6, 6.07) is 14.4. The van der Waals surface area contributed by atoms with E-state index in [1.54, 1.807) is 24.3 Å². The van der Waals surface area contributed by atoms with Crippen LogP contribution in [0, 0.1) is 20.2 Å². The van der Waals surface area contributed by atoms with E-state index in [-0.39, 0.29) is 80.0 Å². The highest BCUT2D eigenvalue weighted by Crippen LogP contribution is 2.22. The molecule has 2 aliphatic rings. The van der Waals surface area contributed by atoms with Gasteiger partial charge < -0.3 is 78.4 Å². The standard InChI is InChI=1S/C32H50N6O4.2BrH.2ClH/c39-35(40)31-13-9-29(10-14-31)27-37(23-17-33-18-24-37)21-7-5-3-1-2-4-6-8-22-38(25-19-34-20-26-38)28-30-11-15-32(16-12-30)36(41)42;;;;/h9-16,33-34H,1-8,17-28H2;4*1H/q+2;;;;/p-2. The summed E-state index contributed by atoms with van der Waals surface area (Å²) in [5.41, 5.74) is 2.76. The summed E-state index contributed by atoms with van der Waals surface area (Å²) in [5, 5.41) is 26.8. The molecule has 10 nitrogen and oxygen atoms in total. The first-order valence-electron chi connectivity index (χ1n) is 16.2. The summed E-state index contributed by atoms with van der Waals surface area (Å²) in [4.78, 5) is 21.4. The number of hydrogen-bond acceptors (Lipinski definition) is 4. The van der Waals surface area contributed by atoms with Gasteiger partial charge in [-0.15, -0.1) is 0 Å². The largest absolute Gasteiger partial charge is 1.00 e. The van der Waals surface area contributed by atoms with Crippen molar-refractivity contribution < 1.29 is 88.2 Å². The molecular weight excluding hydrogens is 763 g/mol. The molecule has 2 aromatic carbocycles. The zero-order valence-corrected chi connectivity index (χ0v) is 31.5. The average molecular weight is 816 g/mol. The van der Waals surface area contributed by atoms with Crippen molar-refractivity contribution in [2.75, 3.05) is 65.4 Å². The molecule has 4 N–H and O–H groups in total. The molecule has 0 aliphatic carbocycles. The maximum Gasteiger partial charge on any atom is 0.269 e. The topological polar surface area (TPSA) is 120 Å². The number of nitrogens with zero attached hydrogens (tertiary/aromatic N) is 4. The number of piperazine rings is 2. The predicted molar refractivity (Wildman–Crippen MR) is 164 cm³/mol. The number of halogens is 4. The second-order valence-corrected chi connectivity index (χ2v) is 12.7. The lowest BCUT2D eigenvalue weighted by Gasteiger charge is -2.40. The second kappa shape index (κ2) is 23.1. The van der Waals surface area contributed by atoms with Gasteiger partial charge >= 0.3 is 0 Å². The Labute approximate surface area is 307 Å². The maximum atomic E-state index is 11.0. The van der Waals surface area contributed by atoms with Crippen molar-refractivity contribution in [3.63, 3.8) is 0 Å².